The standard InChI is InChI=1S/C23H25Cl2NO7/c1-26(22(27)21-20(12-30-2)32-13-33-21)19(23(28)29)10-14-6-8-15(9-7-14)31-11-16-17(24)4-3-5-18(16)25/h3-9,19-21H,10-13H2,1-2H3,(H,28,29)/t19-,20+,21+/m0/s1. The number of carboxylic acids is 1. The molecule has 0 radical (unpaired) electrons. The lowest BCUT2D eigenvalue weighted by atomic mass is 10.0. The van der Waals surface area contributed by atoms with Crippen LogP contribution in [0.4, 0.5) is 0 Å². The molecule has 1 aliphatic heterocycles. The second-order valence-corrected chi connectivity index (χ2v) is 8.32. The van der Waals surface area contributed by atoms with Crippen molar-refractivity contribution >= 4 is 35.1 Å². The summed E-state index contributed by atoms with van der Waals surface area (Å²) in [5, 5.41) is 10.8. The first-order chi connectivity index (χ1) is 15.8. The van der Waals surface area contributed by atoms with Crippen LogP contribution in [-0.2, 0) is 36.8 Å². The van der Waals surface area contributed by atoms with Gasteiger partial charge in [0.1, 0.15) is 31.3 Å². The number of aliphatic carboxylic acids is 1. The molecule has 0 spiro atoms. The van der Waals surface area contributed by atoms with E-state index in [2.05, 4.69) is 0 Å². The molecule has 0 unspecified atom stereocenters. The van der Waals surface area contributed by atoms with Crippen LogP contribution in [0.3, 0.4) is 0 Å². The second-order valence-electron chi connectivity index (χ2n) is 7.51. The molecule has 0 aromatic heterocycles. The van der Waals surface area contributed by atoms with Gasteiger partial charge >= 0.3 is 5.97 Å². The number of hydrogen-bond acceptors (Lipinski definition) is 6. The van der Waals surface area contributed by atoms with Gasteiger partial charge in [0.2, 0.25) is 0 Å². The maximum absolute atomic E-state index is 12.9. The van der Waals surface area contributed by atoms with Crippen molar-refractivity contribution in [2.75, 3.05) is 27.6 Å². The number of methoxy groups -OCH3 is 1. The SMILES string of the molecule is COC[C@H]1OCO[C@H]1C(=O)N(C)[C@@H](Cc1ccc(OCc2c(Cl)cccc2Cl)cc1)C(=O)O. The molecule has 33 heavy (non-hydrogen) atoms. The molecule has 1 amide bonds. The second kappa shape index (κ2) is 11.7. The van der Waals surface area contributed by atoms with E-state index in [0.717, 1.165) is 5.56 Å². The molecule has 10 heteroatoms. The number of carbonyl (C=O) groups is 2. The lowest BCUT2D eigenvalue weighted by Gasteiger charge is -2.28. The van der Waals surface area contributed by atoms with Crippen molar-refractivity contribution in [1.29, 1.82) is 0 Å². The third-order valence-corrected chi connectivity index (χ3v) is 6.05. The Morgan fingerprint density at radius 2 is 1.82 bits per heavy atom. The van der Waals surface area contributed by atoms with Gasteiger partial charge in [0, 0.05) is 36.2 Å². The van der Waals surface area contributed by atoms with Crippen LogP contribution in [0.25, 0.3) is 0 Å². The zero-order valence-corrected chi connectivity index (χ0v) is 19.7. The van der Waals surface area contributed by atoms with E-state index in [1.54, 1.807) is 42.5 Å². The van der Waals surface area contributed by atoms with Gasteiger partial charge in [-0.25, -0.2) is 4.79 Å². The van der Waals surface area contributed by atoms with E-state index in [1.807, 2.05) is 0 Å². The molecule has 1 aliphatic rings. The van der Waals surface area contributed by atoms with Gasteiger partial charge in [-0.2, -0.15) is 0 Å². The quantitative estimate of drug-likeness (QED) is 0.537. The van der Waals surface area contributed by atoms with Crippen LogP contribution in [-0.4, -0.2) is 67.7 Å². The van der Waals surface area contributed by atoms with E-state index in [1.165, 1.54) is 19.1 Å². The molecule has 0 saturated carbocycles. The first kappa shape index (κ1) is 25.3. The van der Waals surface area contributed by atoms with Gasteiger partial charge in [-0.15, -0.1) is 0 Å². The number of amides is 1. The van der Waals surface area contributed by atoms with E-state index in [0.29, 0.717) is 21.4 Å². The van der Waals surface area contributed by atoms with Gasteiger partial charge < -0.3 is 29.0 Å². The molecule has 178 valence electrons. The van der Waals surface area contributed by atoms with E-state index in [-0.39, 0.29) is 26.4 Å². The molecule has 8 nitrogen and oxygen atoms in total. The number of carboxylic acid groups (broad SMARTS) is 1. The fourth-order valence-electron chi connectivity index (χ4n) is 3.44. The van der Waals surface area contributed by atoms with Crippen molar-refractivity contribution in [3.63, 3.8) is 0 Å². The Hall–Kier alpha value is -2.36. The van der Waals surface area contributed by atoms with Crippen LogP contribution >= 0.6 is 23.2 Å². The Bertz CT molecular complexity index is 950. The lowest BCUT2D eigenvalue weighted by Crippen LogP contribution is -2.50. The lowest BCUT2D eigenvalue weighted by molar-refractivity contribution is -0.153. The van der Waals surface area contributed by atoms with Crippen LogP contribution in [0.5, 0.6) is 5.75 Å². The van der Waals surface area contributed by atoms with Crippen LogP contribution < -0.4 is 4.74 Å². The van der Waals surface area contributed by atoms with Crippen molar-refractivity contribution in [3.8, 4) is 5.75 Å². The van der Waals surface area contributed by atoms with Gasteiger partial charge in [-0.1, -0.05) is 41.4 Å². The van der Waals surface area contributed by atoms with Crippen LogP contribution in [0.15, 0.2) is 42.5 Å². The fraction of sp³-hybridized carbons (Fsp3) is 0.391. The normalized spacial score (nSPS) is 18.7. The Balaban J connectivity index is 1.63. The molecule has 2 aromatic carbocycles. The minimum Gasteiger partial charge on any atom is -0.489 e. The van der Waals surface area contributed by atoms with Crippen molar-refractivity contribution in [2.45, 2.75) is 31.3 Å². The molecule has 1 fully saturated rings. The monoisotopic (exact) mass is 497 g/mol. The van der Waals surface area contributed by atoms with Crippen molar-refractivity contribution in [2.24, 2.45) is 0 Å². The molecular weight excluding hydrogens is 473 g/mol. The number of hydrogen-bond donors (Lipinski definition) is 1. The maximum atomic E-state index is 12.9. The summed E-state index contributed by atoms with van der Waals surface area (Å²) in [5.41, 5.74) is 1.41. The fourth-order valence-corrected chi connectivity index (χ4v) is 3.95. The molecule has 1 heterocycles. The summed E-state index contributed by atoms with van der Waals surface area (Å²) in [6.07, 6.45) is -1.39. The zero-order chi connectivity index (χ0) is 24.0. The highest BCUT2D eigenvalue weighted by Crippen LogP contribution is 2.26. The number of ether oxygens (including phenoxy) is 4. The topological polar surface area (TPSA) is 94.5 Å². The number of halogens is 2. The van der Waals surface area contributed by atoms with E-state index in [9.17, 15) is 14.7 Å². The molecule has 1 N–H and O–H groups in total. The van der Waals surface area contributed by atoms with E-state index < -0.39 is 30.1 Å². The summed E-state index contributed by atoms with van der Waals surface area (Å²) in [4.78, 5) is 26.0. The van der Waals surface area contributed by atoms with E-state index >= 15 is 0 Å². The number of nitrogens with zero attached hydrogens (tertiary/aromatic N) is 1. The van der Waals surface area contributed by atoms with Gasteiger partial charge in [0.15, 0.2) is 6.10 Å². The largest absolute Gasteiger partial charge is 0.489 e. The Morgan fingerprint density at radius 3 is 2.42 bits per heavy atom. The summed E-state index contributed by atoms with van der Waals surface area (Å²) in [6.45, 7) is 0.318. The minimum atomic E-state index is -1.12. The highest BCUT2D eigenvalue weighted by Gasteiger charge is 2.40. The number of likely N-dealkylation sites (N-methyl/N-ethyl adjacent to an activating group) is 1. The average Bonchev–Trinajstić information content (AvgIpc) is 3.25. The molecule has 1 saturated heterocycles. The van der Waals surface area contributed by atoms with Gasteiger partial charge in [-0.05, 0) is 29.8 Å². The van der Waals surface area contributed by atoms with Crippen LogP contribution in [0.2, 0.25) is 10.0 Å². The van der Waals surface area contributed by atoms with Crippen LogP contribution in [0.1, 0.15) is 11.1 Å². The zero-order valence-electron chi connectivity index (χ0n) is 18.2. The first-order valence-electron chi connectivity index (χ1n) is 10.2. The smallest absolute Gasteiger partial charge is 0.326 e. The van der Waals surface area contributed by atoms with Crippen molar-refractivity contribution < 1.29 is 33.6 Å². The maximum Gasteiger partial charge on any atom is 0.326 e. The molecule has 0 bridgehead atoms. The van der Waals surface area contributed by atoms with Gasteiger partial charge in [0.05, 0.1) is 6.61 Å². The predicted octanol–water partition coefficient (Wildman–Crippen LogP) is 3.41. The highest BCUT2D eigenvalue weighted by atomic mass is 35.5. The number of benzene rings is 2. The molecule has 3 rings (SSSR count). The van der Waals surface area contributed by atoms with Gasteiger partial charge in [-0.3, -0.25) is 4.79 Å². The molecular formula is C23H25Cl2NO7. The first-order valence-corrected chi connectivity index (χ1v) is 10.9. The Labute approximate surface area is 201 Å². The molecule has 2 aromatic rings. The summed E-state index contributed by atoms with van der Waals surface area (Å²) < 4.78 is 21.5. The summed E-state index contributed by atoms with van der Waals surface area (Å²) in [7, 11) is 2.93. The Morgan fingerprint density at radius 1 is 1.15 bits per heavy atom. The van der Waals surface area contributed by atoms with E-state index in [4.69, 9.17) is 42.1 Å². The summed E-state index contributed by atoms with van der Waals surface area (Å²) >= 11 is 12.3. The number of rotatable bonds is 10. The molecule has 0 aliphatic carbocycles. The predicted molar refractivity (Wildman–Crippen MR) is 122 cm³/mol. The highest BCUT2D eigenvalue weighted by molar-refractivity contribution is 6.35. The van der Waals surface area contributed by atoms with Crippen LogP contribution in [0, 0.1) is 0 Å². The average molecular weight is 498 g/mol. The third kappa shape index (κ3) is 6.37. The third-order valence-electron chi connectivity index (χ3n) is 5.34. The van der Waals surface area contributed by atoms with Crippen molar-refractivity contribution in [1.82, 2.24) is 4.90 Å². The van der Waals surface area contributed by atoms with Crippen molar-refractivity contribution in [3.05, 3.63) is 63.6 Å². The minimum absolute atomic E-state index is 0.0448. The summed E-state index contributed by atoms with van der Waals surface area (Å²) in [5.74, 6) is -1.02. The Kier molecular flexibility index (Phi) is 8.94. The van der Waals surface area contributed by atoms with Gasteiger partial charge in [0.25, 0.3) is 5.91 Å². The number of carbonyl (C=O) groups excluding carboxylic acids is 1. The molecule has 3 atom stereocenters. The summed E-state index contributed by atoms with van der Waals surface area (Å²) in [6, 6.07) is 11.1.